The minimum absolute atomic E-state index is 0.0176. The fraction of sp³-hybridized carbons (Fsp3) is 0.500. The van der Waals surface area contributed by atoms with Gasteiger partial charge in [-0.05, 0) is 24.3 Å². The van der Waals surface area contributed by atoms with E-state index in [4.69, 9.17) is 16.3 Å². The minimum atomic E-state index is -0.0654. The van der Waals surface area contributed by atoms with E-state index in [1.54, 1.807) is 29.2 Å². The molecule has 2 heterocycles. The average molecular weight is 420 g/mol. The third-order valence-corrected chi connectivity index (χ3v) is 5.06. The minimum Gasteiger partial charge on any atom is -0.484 e. The van der Waals surface area contributed by atoms with Crippen molar-refractivity contribution in [3.05, 3.63) is 40.9 Å². The molecule has 0 saturated heterocycles. The number of nitrogens with zero attached hydrogens (tertiary/aromatic N) is 4. The van der Waals surface area contributed by atoms with E-state index in [9.17, 15) is 9.59 Å². The number of amides is 2. The number of benzene rings is 1. The van der Waals surface area contributed by atoms with Gasteiger partial charge in [-0.2, -0.15) is 0 Å². The number of hydrogen-bond acceptors (Lipinski definition) is 5. The van der Waals surface area contributed by atoms with Gasteiger partial charge in [0.2, 0.25) is 5.91 Å². The number of ether oxygens (including phenoxy) is 1. The number of carbonyl (C=O) groups is 2. The second kappa shape index (κ2) is 9.73. The Bertz CT molecular complexity index is 850. The molecule has 29 heavy (non-hydrogen) atoms. The van der Waals surface area contributed by atoms with Crippen molar-refractivity contribution in [3.8, 4) is 5.75 Å². The summed E-state index contributed by atoms with van der Waals surface area (Å²) in [6, 6.07) is 6.93. The Morgan fingerprint density at radius 1 is 1.17 bits per heavy atom. The molecule has 1 N–H and O–H groups in total. The van der Waals surface area contributed by atoms with Gasteiger partial charge in [0, 0.05) is 50.0 Å². The van der Waals surface area contributed by atoms with E-state index in [0.717, 1.165) is 11.6 Å². The third-order valence-electron chi connectivity index (χ3n) is 4.80. The summed E-state index contributed by atoms with van der Waals surface area (Å²) < 4.78 is 7.62. The number of aromatic nitrogens is 3. The lowest BCUT2D eigenvalue weighted by Gasteiger charge is -2.20. The van der Waals surface area contributed by atoms with Crippen molar-refractivity contribution in [2.75, 3.05) is 26.2 Å². The van der Waals surface area contributed by atoms with Crippen LogP contribution < -0.4 is 10.1 Å². The van der Waals surface area contributed by atoms with Crippen LogP contribution >= 0.6 is 11.6 Å². The molecule has 156 valence electrons. The predicted octanol–water partition coefficient (Wildman–Crippen LogP) is 1.71. The Labute approximate surface area is 175 Å². The molecule has 0 aliphatic carbocycles. The van der Waals surface area contributed by atoms with Crippen LogP contribution in [-0.4, -0.2) is 57.7 Å². The summed E-state index contributed by atoms with van der Waals surface area (Å²) in [6.07, 6.45) is 1.25. The van der Waals surface area contributed by atoms with Crippen molar-refractivity contribution >= 4 is 23.4 Å². The summed E-state index contributed by atoms with van der Waals surface area (Å²) in [4.78, 5) is 26.0. The number of hydrogen-bond donors (Lipinski definition) is 1. The van der Waals surface area contributed by atoms with Crippen molar-refractivity contribution in [3.63, 3.8) is 0 Å². The fourth-order valence-electron chi connectivity index (χ4n) is 3.09. The van der Waals surface area contributed by atoms with E-state index in [1.165, 1.54) is 0 Å². The Hall–Kier alpha value is -2.61. The Kier molecular flexibility index (Phi) is 7.09. The van der Waals surface area contributed by atoms with Crippen molar-refractivity contribution in [1.82, 2.24) is 25.0 Å². The van der Waals surface area contributed by atoms with Gasteiger partial charge in [0.25, 0.3) is 5.91 Å². The maximum Gasteiger partial charge on any atom is 0.260 e. The average Bonchev–Trinajstić information content (AvgIpc) is 2.96. The van der Waals surface area contributed by atoms with Crippen LogP contribution in [-0.2, 0) is 29.0 Å². The Morgan fingerprint density at radius 3 is 2.66 bits per heavy atom. The standard InChI is InChI=1S/C20H26ClN5O3/c1-14(2)20(28)22-9-7-17-23-24-18-8-10-25(11-12-26(17)18)19(27)13-29-16-5-3-15(21)4-6-16/h3-6,14H,7-13H2,1-2H3,(H,22,28). The lowest BCUT2D eigenvalue weighted by atomic mass is 10.2. The van der Waals surface area contributed by atoms with Crippen molar-refractivity contribution in [1.29, 1.82) is 0 Å². The van der Waals surface area contributed by atoms with E-state index >= 15 is 0 Å². The molecular formula is C20H26ClN5O3. The molecule has 1 aliphatic rings. The van der Waals surface area contributed by atoms with Crippen LogP contribution in [0.4, 0.5) is 0 Å². The van der Waals surface area contributed by atoms with Gasteiger partial charge in [-0.25, -0.2) is 0 Å². The van der Waals surface area contributed by atoms with Gasteiger partial charge in [0.05, 0.1) is 0 Å². The van der Waals surface area contributed by atoms with Gasteiger partial charge in [-0.15, -0.1) is 10.2 Å². The van der Waals surface area contributed by atoms with Gasteiger partial charge in [0.1, 0.15) is 17.4 Å². The molecule has 3 rings (SSSR count). The first kappa shape index (κ1) is 21.1. The normalized spacial score (nSPS) is 13.7. The Balaban J connectivity index is 1.51. The zero-order valence-corrected chi connectivity index (χ0v) is 17.5. The number of halogens is 1. The monoisotopic (exact) mass is 419 g/mol. The van der Waals surface area contributed by atoms with E-state index in [1.807, 2.05) is 13.8 Å². The fourth-order valence-corrected chi connectivity index (χ4v) is 3.21. The lowest BCUT2D eigenvalue weighted by Crippen LogP contribution is -2.37. The largest absolute Gasteiger partial charge is 0.484 e. The highest BCUT2D eigenvalue weighted by atomic mass is 35.5. The molecule has 0 saturated carbocycles. The predicted molar refractivity (Wildman–Crippen MR) is 109 cm³/mol. The SMILES string of the molecule is CC(C)C(=O)NCCc1nnc2n1CCN(C(=O)COc1ccc(Cl)cc1)CC2. The highest BCUT2D eigenvalue weighted by Gasteiger charge is 2.22. The molecule has 0 fully saturated rings. The molecule has 0 radical (unpaired) electrons. The van der Waals surface area contributed by atoms with Crippen LogP contribution in [0.5, 0.6) is 5.75 Å². The van der Waals surface area contributed by atoms with Crippen LogP contribution in [0.1, 0.15) is 25.5 Å². The quantitative estimate of drug-likeness (QED) is 0.737. The van der Waals surface area contributed by atoms with Crippen molar-refractivity contribution in [2.45, 2.75) is 33.2 Å². The molecule has 1 aromatic heterocycles. The number of carbonyl (C=O) groups excluding carboxylic acids is 2. The molecule has 0 atom stereocenters. The zero-order chi connectivity index (χ0) is 20.8. The van der Waals surface area contributed by atoms with Gasteiger partial charge in [-0.1, -0.05) is 25.4 Å². The van der Waals surface area contributed by atoms with Crippen LogP contribution in [0.15, 0.2) is 24.3 Å². The molecule has 0 spiro atoms. The number of nitrogens with one attached hydrogen (secondary N) is 1. The molecule has 0 unspecified atom stereocenters. The van der Waals surface area contributed by atoms with E-state index in [-0.39, 0.29) is 24.3 Å². The summed E-state index contributed by atoms with van der Waals surface area (Å²) in [7, 11) is 0. The van der Waals surface area contributed by atoms with E-state index in [0.29, 0.717) is 49.8 Å². The zero-order valence-electron chi connectivity index (χ0n) is 16.7. The van der Waals surface area contributed by atoms with Gasteiger partial charge in [-0.3, -0.25) is 9.59 Å². The number of rotatable bonds is 7. The van der Waals surface area contributed by atoms with Gasteiger partial charge < -0.3 is 19.5 Å². The Morgan fingerprint density at radius 2 is 1.93 bits per heavy atom. The molecule has 0 bridgehead atoms. The third kappa shape index (κ3) is 5.69. The molecule has 2 aromatic rings. The summed E-state index contributed by atoms with van der Waals surface area (Å²) in [5.41, 5.74) is 0. The highest BCUT2D eigenvalue weighted by molar-refractivity contribution is 6.30. The van der Waals surface area contributed by atoms with Crippen molar-refractivity contribution < 1.29 is 14.3 Å². The van der Waals surface area contributed by atoms with Gasteiger partial charge in [0.15, 0.2) is 6.61 Å². The maximum atomic E-state index is 12.5. The molecule has 8 nitrogen and oxygen atoms in total. The molecule has 9 heteroatoms. The topological polar surface area (TPSA) is 89.4 Å². The van der Waals surface area contributed by atoms with E-state index in [2.05, 4.69) is 20.1 Å². The first-order chi connectivity index (χ1) is 13.9. The van der Waals surface area contributed by atoms with Crippen LogP contribution in [0.3, 0.4) is 0 Å². The van der Waals surface area contributed by atoms with Crippen LogP contribution in [0.2, 0.25) is 5.02 Å². The molecular weight excluding hydrogens is 394 g/mol. The number of fused-ring (bicyclic) bond motifs is 1. The molecule has 1 aromatic carbocycles. The second-order valence-corrected chi connectivity index (χ2v) is 7.69. The van der Waals surface area contributed by atoms with Crippen LogP contribution in [0.25, 0.3) is 0 Å². The first-order valence-electron chi connectivity index (χ1n) is 9.79. The van der Waals surface area contributed by atoms with E-state index < -0.39 is 0 Å². The van der Waals surface area contributed by atoms with Crippen molar-refractivity contribution in [2.24, 2.45) is 5.92 Å². The maximum absolute atomic E-state index is 12.5. The lowest BCUT2D eigenvalue weighted by molar-refractivity contribution is -0.133. The second-order valence-electron chi connectivity index (χ2n) is 7.25. The first-order valence-corrected chi connectivity index (χ1v) is 10.2. The summed E-state index contributed by atoms with van der Waals surface area (Å²) in [6.45, 7) is 6.00. The van der Waals surface area contributed by atoms with Gasteiger partial charge >= 0.3 is 0 Å². The van der Waals surface area contributed by atoms with Crippen LogP contribution in [0, 0.1) is 5.92 Å². The molecule has 1 aliphatic heterocycles. The highest BCUT2D eigenvalue weighted by Crippen LogP contribution is 2.16. The molecule has 2 amide bonds. The summed E-state index contributed by atoms with van der Waals surface area (Å²) in [5.74, 6) is 2.22. The summed E-state index contributed by atoms with van der Waals surface area (Å²) >= 11 is 5.86. The smallest absolute Gasteiger partial charge is 0.260 e. The summed E-state index contributed by atoms with van der Waals surface area (Å²) in [5, 5.41) is 12.0.